The minimum atomic E-state index is -0.223. The molecule has 4 heteroatoms. The fourth-order valence-electron chi connectivity index (χ4n) is 1.57. The molecule has 0 aliphatic carbocycles. The van der Waals surface area contributed by atoms with Crippen LogP contribution in [0.2, 0.25) is 5.22 Å². The Bertz CT molecular complexity index is 480. The van der Waals surface area contributed by atoms with Crippen LogP contribution < -0.4 is 5.32 Å². The summed E-state index contributed by atoms with van der Waals surface area (Å²) in [4.78, 5) is 0. The van der Waals surface area contributed by atoms with Crippen molar-refractivity contribution in [3.8, 4) is 0 Å². The SMILES string of the molecule is C[C@H](NCc1ccc(Cl)o1)c1ccc(F)cc1. The molecule has 1 atom stereocenters. The smallest absolute Gasteiger partial charge is 0.193 e. The topological polar surface area (TPSA) is 25.2 Å². The number of halogens is 2. The highest BCUT2D eigenvalue weighted by atomic mass is 35.5. The van der Waals surface area contributed by atoms with Crippen LogP contribution in [0.15, 0.2) is 40.8 Å². The number of furan rings is 1. The average Bonchev–Trinajstić information content (AvgIpc) is 2.73. The number of rotatable bonds is 4. The summed E-state index contributed by atoms with van der Waals surface area (Å²) in [6.45, 7) is 2.60. The van der Waals surface area contributed by atoms with Crippen LogP contribution in [0.5, 0.6) is 0 Å². The summed E-state index contributed by atoms with van der Waals surface area (Å²) in [5.74, 6) is 0.558. The molecule has 1 aromatic carbocycles. The van der Waals surface area contributed by atoms with Crippen molar-refractivity contribution in [3.63, 3.8) is 0 Å². The Morgan fingerprint density at radius 3 is 2.53 bits per heavy atom. The van der Waals surface area contributed by atoms with E-state index in [-0.39, 0.29) is 11.9 Å². The summed E-state index contributed by atoms with van der Waals surface area (Å²) < 4.78 is 18.0. The molecule has 0 fully saturated rings. The molecular formula is C13H13ClFNO. The van der Waals surface area contributed by atoms with E-state index in [1.807, 2.05) is 13.0 Å². The average molecular weight is 254 g/mol. The first-order valence-electron chi connectivity index (χ1n) is 5.38. The van der Waals surface area contributed by atoms with Crippen LogP contribution in [-0.4, -0.2) is 0 Å². The van der Waals surface area contributed by atoms with Gasteiger partial charge >= 0.3 is 0 Å². The monoisotopic (exact) mass is 253 g/mol. The van der Waals surface area contributed by atoms with Crippen molar-refractivity contribution in [2.24, 2.45) is 0 Å². The third-order valence-electron chi connectivity index (χ3n) is 2.58. The Morgan fingerprint density at radius 2 is 1.94 bits per heavy atom. The summed E-state index contributed by atoms with van der Waals surface area (Å²) in [5.41, 5.74) is 1.03. The second-order valence-corrected chi connectivity index (χ2v) is 4.23. The van der Waals surface area contributed by atoms with Crippen molar-refractivity contribution in [1.29, 1.82) is 0 Å². The lowest BCUT2D eigenvalue weighted by molar-refractivity contribution is 0.461. The van der Waals surface area contributed by atoms with Gasteiger partial charge in [0.25, 0.3) is 0 Å². The molecule has 1 N–H and O–H groups in total. The van der Waals surface area contributed by atoms with Gasteiger partial charge in [0.1, 0.15) is 11.6 Å². The van der Waals surface area contributed by atoms with E-state index in [9.17, 15) is 4.39 Å². The lowest BCUT2D eigenvalue weighted by Crippen LogP contribution is -2.17. The summed E-state index contributed by atoms with van der Waals surface area (Å²) in [5, 5.41) is 3.66. The number of benzene rings is 1. The molecule has 0 amide bonds. The molecule has 0 saturated heterocycles. The van der Waals surface area contributed by atoms with Gasteiger partial charge in [-0.15, -0.1) is 0 Å². The van der Waals surface area contributed by atoms with E-state index in [1.165, 1.54) is 12.1 Å². The van der Waals surface area contributed by atoms with Gasteiger partial charge in [-0.05, 0) is 48.4 Å². The highest BCUT2D eigenvalue weighted by molar-refractivity contribution is 6.28. The van der Waals surface area contributed by atoms with Crippen molar-refractivity contribution >= 4 is 11.6 Å². The van der Waals surface area contributed by atoms with E-state index in [1.54, 1.807) is 18.2 Å². The standard InChI is InChI=1S/C13H13ClFNO/c1-9(10-2-4-11(15)5-3-10)16-8-12-6-7-13(14)17-12/h2-7,9,16H,8H2,1H3/t9-/m0/s1. The maximum atomic E-state index is 12.8. The first-order chi connectivity index (χ1) is 8.15. The van der Waals surface area contributed by atoms with Gasteiger partial charge in [-0.1, -0.05) is 12.1 Å². The molecule has 2 aromatic rings. The second-order valence-electron chi connectivity index (χ2n) is 3.86. The van der Waals surface area contributed by atoms with Gasteiger partial charge in [-0.3, -0.25) is 0 Å². The van der Waals surface area contributed by atoms with Crippen LogP contribution in [-0.2, 0) is 6.54 Å². The number of nitrogens with one attached hydrogen (secondary N) is 1. The zero-order valence-corrected chi connectivity index (χ0v) is 10.2. The van der Waals surface area contributed by atoms with Crippen LogP contribution in [0.1, 0.15) is 24.3 Å². The lowest BCUT2D eigenvalue weighted by atomic mass is 10.1. The zero-order chi connectivity index (χ0) is 12.3. The van der Waals surface area contributed by atoms with Gasteiger partial charge in [0.2, 0.25) is 0 Å². The van der Waals surface area contributed by atoms with Gasteiger partial charge < -0.3 is 9.73 Å². The maximum absolute atomic E-state index is 12.8. The molecule has 0 saturated carbocycles. The molecule has 1 aromatic heterocycles. The predicted molar refractivity (Wildman–Crippen MR) is 65.4 cm³/mol. The molecule has 0 spiro atoms. The Labute approximate surface area is 104 Å². The van der Waals surface area contributed by atoms with Crippen molar-refractivity contribution in [2.75, 3.05) is 0 Å². The molecule has 0 radical (unpaired) electrons. The maximum Gasteiger partial charge on any atom is 0.193 e. The summed E-state index contributed by atoms with van der Waals surface area (Å²) in [6.07, 6.45) is 0. The van der Waals surface area contributed by atoms with Gasteiger partial charge in [0.15, 0.2) is 5.22 Å². The third kappa shape index (κ3) is 3.32. The van der Waals surface area contributed by atoms with E-state index in [0.717, 1.165) is 11.3 Å². The van der Waals surface area contributed by atoms with E-state index in [2.05, 4.69) is 5.32 Å². The van der Waals surface area contributed by atoms with Crippen LogP contribution in [0, 0.1) is 5.82 Å². The number of hydrogen-bond acceptors (Lipinski definition) is 2. The minimum Gasteiger partial charge on any atom is -0.448 e. The van der Waals surface area contributed by atoms with Gasteiger partial charge in [-0.2, -0.15) is 0 Å². The zero-order valence-electron chi connectivity index (χ0n) is 9.41. The Morgan fingerprint density at radius 1 is 1.24 bits per heavy atom. The normalized spacial score (nSPS) is 12.6. The summed E-state index contributed by atoms with van der Waals surface area (Å²) in [6, 6.07) is 10.1. The molecule has 0 aliphatic rings. The molecule has 1 heterocycles. The fraction of sp³-hybridized carbons (Fsp3) is 0.231. The first-order valence-corrected chi connectivity index (χ1v) is 5.76. The van der Waals surface area contributed by atoms with E-state index in [0.29, 0.717) is 11.8 Å². The molecule has 17 heavy (non-hydrogen) atoms. The van der Waals surface area contributed by atoms with Crippen LogP contribution in [0.4, 0.5) is 4.39 Å². The molecule has 0 aliphatic heterocycles. The van der Waals surface area contributed by atoms with E-state index >= 15 is 0 Å². The molecule has 2 nitrogen and oxygen atoms in total. The van der Waals surface area contributed by atoms with Gasteiger partial charge in [-0.25, -0.2) is 4.39 Å². The van der Waals surface area contributed by atoms with Crippen molar-refractivity contribution in [1.82, 2.24) is 5.32 Å². The van der Waals surface area contributed by atoms with Crippen molar-refractivity contribution in [3.05, 3.63) is 58.8 Å². The quantitative estimate of drug-likeness (QED) is 0.893. The highest BCUT2D eigenvalue weighted by Gasteiger charge is 2.06. The lowest BCUT2D eigenvalue weighted by Gasteiger charge is -2.13. The predicted octanol–water partition coefficient (Wildman–Crippen LogP) is 3.92. The third-order valence-corrected chi connectivity index (χ3v) is 2.78. The Kier molecular flexibility index (Phi) is 3.82. The van der Waals surface area contributed by atoms with Gasteiger partial charge in [0, 0.05) is 6.04 Å². The molecular weight excluding hydrogens is 241 g/mol. The van der Waals surface area contributed by atoms with Crippen molar-refractivity contribution < 1.29 is 8.81 Å². The van der Waals surface area contributed by atoms with Crippen LogP contribution in [0.3, 0.4) is 0 Å². The Balaban J connectivity index is 1.93. The number of hydrogen-bond donors (Lipinski definition) is 1. The van der Waals surface area contributed by atoms with Crippen LogP contribution in [0.25, 0.3) is 0 Å². The molecule has 0 bridgehead atoms. The highest BCUT2D eigenvalue weighted by Crippen LogP contribution is 2.16. The summed E-state index contributed by atoms with van der Waals surface area (Å²) in [7, 11) is 0. The summed E-state index contributed by atoms with van der Waals surface area (Å²) >= 11 is 5.67. The van der Waals surface area contributed by atoms with Gasteiger partial charge in [0.05, 0.1) is 6.54 Å². The molecule has 2 rings (SSSR count). The minimum absolute atomic E-state index is 0.125. The molecule has 0 unspecified atom stereocenters. The second kappa shape index (κ2) is 5.34. The first kappa shape index (κ1) is 12.1. The Hall–Kier alpha value is -1.32. The van der Waals surface area contributed by atoms with E-state index in [4.69, 9.17) is 16.0 Å². The molecule has 90 valence electrons. The van der Waals surface area contributed by atoms with Crippen molar-refractivity contribution in [2.45, 2.75) is 19.5 Å². The fourth-order valence-corrected chi connectivity index (χ4v) is 1.73. The van der Waals surface area contributed by atoms with Crippen LogP contribution >= 0.6 is 11.6 Å². The van der Waals surface area contributed by atoms with E-state index < -0.39 is 0 Å². The largest absolute Gasteiger partial charge is 0.448 e.